The second-order valence-electron chi connectivity index (χ2n) is 8.47. The summed E-state index contributed by atoms with van der Waals surface area (Å²) in [5, 5.41) is 7.13. The molecule has 7 heteroatoms. The Hall–Kier alpha value is -2.13. The van der Waals surface area contributed by atoms with Crippen LogP contribution in [0.5, 0.6) is 0 Å². The molecule has 3 aromatic rings. The monoisotopic (exact) mass is 546 g/mol. The zero-order chi connectivity index (χ0) is 21.6. The summed E-state index contributed by atoms with van der Waals surface area (Å²) in [5.74, 6) is 1.93. The lowest BCUT2D eigenvalue weighted by atomic mass is 9.97. The molecule has 4 rings (SSSR count). The van der Waals surface area contributed by atoms with E-state index in [1.165, 1.54) is 11.1 Å². The summed E-state index contributed by atoms with van der Waals surface area (Å²) < 4.78 is 2.26. The third-order valence-electron chi connectivity index (χ3n) is 6.28. The molecule has 0 saturated carbocycles. The van der Waals surface area contributed by atoms with Crippen LogP contribution in [0.3, 0.4) is 0 Å². The number of aryl methyl sites for hydroxylation is 1. The lowest BCUT2D eigenvalue weighted by Gasteiger charge is -2.38. The summed E-state index contributed by atoms with van der Waals surface area (Å²) in [6.45, 7) is 8.20. The highest BCUT2D eigenvalue weighted by atomic mass is 127. The Kier molecular flexibility index (Phi) is 8.92. The van der Waals surface area contributed by atoms with Crippen LogP contribution in [0.4, 0.5) is 0 Å². The smallest absolute Gasteiger partial charge is 0.191 e. The lowest BCUT2D eigenvalue weighted by Crippen LogP contribution is -2.51. The predicted molar refractivity (Wildman–Crippen MR) is 144 cm³/mol. The molecule has 1 aromatic heterocycles. The summed E-state index contributed by atoms with van der Waals surface area (Å²) >= 11 is 0. The average Bonchev–Trinajstić information content (AvgIpc) is 3.10. The van der Waals surface area contributed by atoms with Gasteiger partial charge >= 0.3 is 0 Å². The Morgan fingerprint density at radius 2 is 1.88 bits per heavy atom. The number of guanidine groups is 1. The van der Waals surface area contributed by atoms with Gasteiger partial charge in [-0.05, 0) is 44.4 Å². The molecule has 0 aliphatic carbocycles. The van der Waals surface area contributed by atoms with Gasteiger partial charge < -0.3 is 15.2 Å². The van der Waals surface area contributed by atoms with Gasteiger partial charge in [0.1, 0.15) is 5.82 Å². The third kappa shape index (κ3) is 6.01. The lowest BCUT2D eigenvalue weighted by molar-refractivity contribution is 0.134. The van der Waals surface area contributed by atoms with E-state index in [9.17, 15) is 0 Å². The number of benzene rings is 2. The fourth-order valence-corrected chi connectivity index (χ4v) is 4.56. The van der Waals surface area contributed by atoms with Crippen molar-refractivity contribution in [2.24, 2.45) is 4.99 Å². The number of hydrogen-bond donors (Lipinski definition) is 2. The van der Waals surface area contributed by atoms with E-state index in [-0.39, 0.29) is 24.0 Å². The van der Waals surface area contributed by atoms with Crippen LogP contribution in [0.2, 0.25) is 0 Å². The first-order valence-corrected chi connectivity index (χ1v) is 11.3. The minimum atomic E-state index is 0. The number of rotatable bonds is 6. The van der Waals surface area contributed by atoms with Crippen molar-refractivity contribution >= 4 is 41.0 Å². The van der Waals surface area contributed by atoms with Crippen molar-refractivity contribution in [3.8, 4) is 0 Å². The summed E-state index contributed by atoms with van der Waals surface area (Å²) in [5.41, 5.74) is 3.63. The van der Waals surface area contributed by atoms with Crippen molar-refractivity contribution in [2.75, 3.05) is 20.1 Å². The molecule has 2 aromatic carbocycles. The predicted octanol–water partition coefficient (Wildman–Crippen LogP) is 4.18. The number of aromatic nitrogens is 2. The number of hydrogen-bond acceptors (Lipinski definition) is 3. The molecule has 0 spiro atoms. The number of nitrogens with one attached hydrogen (secondary N) is 2. The van der Waals surface area contributed by atoms with Crippen LogP contribution in [0.1, 0.15) is 31.2 Å². The number of aliphatic imine (C=N–C) groups is 1. The minimum absolute atomic E-state index is 0. The molecule has 1 saturated heterocycles. The SMILES string of the molecule is CN=C(NCCn1c(C)nc2ccccc21)NC1CCN(Cc2ccccc2)C(C)C1.I. The van der Waals surface area contributed by atoms with E-state index in [0.29, 0.717) is 12.1 Å². The van der Waals surface area contributed by atoms with Crippen LogP contribution >= 0.6 is 24.0 Å². The summed E-state index contributed by atoms with van der Waals surface area (Å²) in [7, 11) is 1.85. The fourth-order valence-electron chi connectivity index (χ4n) is 4.56. The Labute approximate surface area is 208 Å². The van der Waals surface area contributed by atoms with E-state index in [2.05, 4.69) is 92.5 Å². The van der Waals surface area contributed by atoms with Gasteiger partial charge in [-0.15, -0.1) is 24.0 Å². The van der Waals surface area contributed by atoms with E-state index in [1.807, 2.05) is 13.1 Å². The number of imidazole rings is 1. The molecule has 32 heavy (non-hydrogen) atoms. The normalized spacial score (nSPS) is 19.5. The van der Waals surface area contributed by atoms with Crippen molar-refractivity contribution in [1.29, 1.82) is 0 Å². The molecule has 2 unspecified atom stereocenters. The molecule has 1 fully saturated rings. The number of likely N-dealkylation sites (tertiary alicyclic amines) is 1. The summed E-state index contributed by atoms with van der Waals surface area (Å²) in [4.78, 5) is 11.7. The first kappa shape index (κ1) is 24.5. The standard InChI is InChI=1S/C25H34N6.HI/c1-19-17-22(13-15-30(19)18-21-9-5-4-6-10-21)29-25(26-3)27-14-16-31-20(2)28-23-11-7-8-12-24(23)31;/h4-12,19,22H,13-18H2,1-3H3,(H2,26,27,29);1H. The fraction of sp³-hybridized carbons (Fsp3) is 0.440. The molecule has 172 valence electrons. The number of piperidine rings is 1. The Balaban J connectivity index is 0.00000289. The van der Waals surface area contributed by atoms with E-state index in [1.54, 1.807) is 0 Å². The quantitative estimate of drug-likeness (QED) is 0.277. The van der Waals surface area contributed by atoms with Gasteiger partial charge in [0.2, 0.25) is 0 Å². The van der Waals surface area contributed by atoms with E-state index >= 15 is 0 Å². The third-order valence-corrected chi connectivity index (χ3v) is 6.28. The van der Waals surface area contributed by atoms with Crippen molar-refractivity contribution in [1.82, 2.24) is 25.1 Å². The van der Waals surface area contributed by atoms with Gasteiger partial charge in [-0.2, -0.15) is 0 Å². The van der Waals surface area contributed by atoms with Crippen molar-refractivity contribution in [3.63, 3.8) is 0 Å². The highest BCUT2D eigenvalue weighted by molar-refractivity contribution is 14.0. The summed E-state index contributed by atoms with van der Waals surface area (Å²) in [6.07, 6.45) is 2.25. The van der Waals surface area contributed by atoms with Crippen LogP contribution in [-0.4, -0.2) is 52.6 Å². The van der Waals surface area contributed by atoms with Gasteiger partial charge in [0.15, 0.2) is 5.96 Å². The van der Waals surface area contributed by atoms with Gasteiger partial charge in [0, 0.05) is 45.3 Å². The molecular formula is C25H35IN6. The number of fused-ring (bicyclic) bond motifs is 1. The number of halogens is 1. The van der Waals surface area contributed by atoms with Crippen LogP contribution in [0, 0.1) is 6.92 Å². The number of para-hydroxylation sites is 2. The van der Waals surface area contributed by atoms with E-state index < -0.39 is 0 Å². The Bertz CT molecular complexity index is 1020. The molecular weight excluding hydrogens is 511 g/mol. The van der Waals surface area contributed by atoms with E-state index in [0.717, 1.165) is 56.3 Å². The molecule has 0 bridgehead atoms. The zero-order valence-electron chi connectivity index (χ0n) is 19.3. The van der Waals surface area contributed by atoms with Gasteiger partial charge in [0.25, 0.3) is 0 Å². The second-order valence-corrected chi connectivity index (χ2v) is 8.47. The first-order chi connectivity index (χ1) is 15.1. The average molecular weight is 547 g/mol. The summed E-state index contributed by atoms with van der Waals surface area (Å²) in [6, 6.07) is 20.1. The zero-order valence-corrected chi connectivity index (χ0v) is 21.6. The molecule has 2 atom stereocenters. The van der Waals surface area contributed by atoms with Gasteiger partial charge in [-0.25, -0.2) is 4.98 Å². The van der Waals surface area contributed by atoms with Crippen LogP contribution in [0.15, 0.2) is 59.6 Å². The number of nitrogens with zero attached hydrogens (tertiary/aromatic N) is 4. The van der Waals surface area contributed by atoms with Crippen LogP contribution < -0.4 is 10.6 Å². The largest absolute Gasteiger partial charge is 0.355 e. The second kappa shape index (κ2) is 11.7. The molecule has 0 radical (unpaired) electrons. The maximum absolute atomic E-state index is 4.65. The highest BCUT2D eigenvalue weighted by Crippen LogP contribution is 2.20. The Morgan fingerprint density at radius 3 is 2.62 bits per heavy atom. The van der Waals surface area contributed by atoms with Crippen LogP contribution in [0.25, 0.3) is 11.0 Å². The molecule has 6 nitrogen and oxygen atoms in total. The molecule has 2 heterocycles. The Morgan fingerprint density at radius 1 is 1.12 bits per heavy atom. The van der Waals surface area contributed by atoms with Gasteiger partial charge in [0.05, 0.1) is 11.0 Å². The molecule has 2 N–H and O–H groups in total. The van der Waals surface area contributed by atoms with Gasteiger partial charge in [-0.1, -0.05) is 42.5 Å². The van der Waals surface area contributed by atoms with Crippen molar-refractivity contribution in [2.45, 2.75) is 51.9 Å². The van der Waals surface area contributed by atoms with E-state index in [4.69, 9.17) is 0 Å². The molecule has 0 amide bonds. The molecule has 1 aliphatic heterocycles. The highest BCUT2D eigenvalue weighted by Gasteiger charge is 2.25. The van der Waals surface area contributed by atoms with Crippen molar-refractivity contribution in [3.05, 3.63) is 66.0 Å². The van der Waals surface area contributed by atoms with Crippen LogP contribution in [-0.2, 0) is 13.1 Å². The maximum Gasteiger partial charge on any atom is 0.191 e. The topological polar surface area (TPSA) is 57.5 Å². The van der Waals surface area contributed by atoms with Gasteiger partial charge in [-0.3, -0.25) is 9.89 Å². The van der Waals surface area contributed by atoms with Crippen molar-refractivity contribution < 1.29 is 0 Å². The maximum atomic E-state index is 4.65. The molecule has 1 aliphatic rings. The first-order valence-electron chi connectivity index (χ1n) is 11.3. The minimum Gasteiger partial charge on any atom is -0.355 e.